The van der Waals surface area contributed by atoms with Crippen molar-refractivity contribution in [3.8, 4) is 11.1 Å². The summed E-state index contributed by atoms with van der Waals surface area (Å²) >= 11 is 0. The van der Waals surface area contributed by atoms with Gasteiger partial charge < -0.3 is 9.80 Å². The summed E-state index contributed by atoms with van der Waals surface area (Å²) in [7, 11) is 0. The summed E-state index contributed by atoms with van der Waals surface area (Å²) in [5.41, 5.74) is 3.30. The molecule has 2 aromatic heterocycles. The number of aromatic nitrogens is 3. The van der Waals surface area contributed by atoms with E-state index in [4.69, 9.17) is 9.97 Å². The van der Waals surface area contributed by atoms with Crippen molar-refractivity contribution in [2.75, 3.05) is 31.1 Å². The highest BCUT2D eigenvalue weighted by Crippen LogP contribution is 2.34. The first-order chi connectivity index (χ1) is 16.2. The molecule has 1 amide bonds. The van der Waals surface area contributed by atoms with Gasteiger partial charge in [0, 0.05) is 67.4 Å². The van der Waals surface area contributed by atoms with Crippen molar-refractivity contribution < 1.29 is 9.18 Å². The van der Waals surface area contributed by atoms with E-state index in [9.17, 15) is 9.18 Å². The van der Waals surface area contributed by atoms with Crippen LogP contribution in [0.3, 0.4) is 0 Å². The van der Waals surface area contributed by atoms with Gasteiger partial charge in [0.05, 0.1) is 5.69 Å². The number of carbonyl (C=O) groups excluding carboxylic acids is 1. The van der Waals surface area contributed by atoms with Crippen LogP contribution in [0.2, 0.25) is 0 Å². The Balaban J connectivity index is 1.47. The van der Waals surface area contributed by atoms with E-state index < -0.39 is 5.82 Å². The van der Waals surface area contributed by atoms with Gasteiger partial charge >= 0.3 is 0 Å². The first kappa shape index (κ1) is 21.5. The molecule has 1 aromatic carbocycles. The molecule has 5 rings (SSSR count). The molecule has 0 bridgehead atoms. The van der Waals surface area contributed by atoms with Gasteiger partial charge in [0.15, 0.2) is 0 Å². The van der Waals surface area contributed by atoms with Crippen LogP contribution in [0.25, 0.3) is 11.1 Å². The molecular formula is C26H28FN5O. The number of benzene rings is 1. The van der Waals surface area contributed by atoms with Gasteiger partial charge in [-0.05, 0) is 56.4 Å². The first-order valence-electron chi connectivity index (χ1n) is 11.8. The number of halogens is 1. The van der Waals surface area contributed by atoms with Crippen molar-refractivity contribution in [1.82, 2.24) is 19.9 Å². The molecule has 7 heteroatoms. The van der Waals surface area contributed by atoms with Crippen LogP contribution in [-0.4, -0.2) is 51.9 Å². The van der Waals surface area contributed by atoms with Gasteiger partial charge in [-0.25, -0.2) is 14.4 Å². The van der Waals surface area contributed by atoms with Crippen LogP contribution < -0.4 is 4.90 Å². The number of hydrogen-bond donors (Lipinski definition) is 0. The lowest BCUT2D eigenvalue weighted by atomic mass is 9.90. The van der Waals surface area contributed by atoms with Crippen LogP contribution in [0.15, 0.2) is 55.0 Å². The number of hydrogen-bond acceptors (Lipinski definition) is 5. The third-order valence-electron chi connectivity index (χ3n) is 6.58. The third kappa shape index (κ3) is 4.72. The fourth-order valence-corrected chi connectivity index (χ4v) is 4.88. The molecule has 0 aliphatic carbocycles. The molecule has 3 aromatic rings. The fourth-order valence-electron chi connectivity index (χ4n) is 4.88. The van der Waals surface area contributed by atoms with Crippen LogP contribution in [0, 0.1) is 5.82 Å². The van der Waals surface area contributed by atoms with Crippen molar-refractivity contribution in [2.45, 2.75) is 38.0 Å². The van der Waals surface area contributed by atoms with Gasteiger partial charge in [-0.1, -0.05) is 12.1 Å². The summed E-state index contributed by atoms with van der Waals surface area (Å²) in [6, 6.07) is 9.87. The molecule has 2 aliphatic rings. The normalized spacial score (nSPS) is 18.9. The van der Waals surface area contributed by atoms with Gasteiger partial charge in [-0.2, -0.15) is 0 Å². The maximum absolute atomic E-state index is 13.7. The average molecular weight is 446 g/mol. The number of piperidine rings is 2. The number of pyridine rings is 1. The molecule has 33 heavy (non-hydrogen) atoms. The van der Waals surface area contributed by atoms with Crippen molar-refractivity contribution in [2.24, 2.45) is 0 Å². The number of likely N-dealkylation sites (tertiary alicyclic amines) is 1. The molecule has 0 N–H and O–H groups in total. The van der Waals surface area contributed by atoms with E-state index in [1.807, 2.05) is 29.4 Å². The van der Waals surface area contributed by atoms with Crippen LogP contribution in [0.5, 0.6) is 0 Å². The summed E-state index contributed by atoms with van der Waals surface area (Å²) < 4.78 is 13.7. The van der Waals surface area contributed by atoms with E-state index in [2.05, 4.69) is 9.88 Å². The monoisotopic (exact) mass is 445 g/mol. The quantitative estimate of drug-likeness (QED) is 0.583. The van der Waals surface area contributed by atoms with Gasteiger partial charge in [0.25, 0.3) is 5.91 Å². The summed E-state index contributed by atoms with van der Waals surface area (Å²) in [5, 5.41) is 0. The molecule has 1 unspecified atom stereocenters. The topological polar surface area (TPSA) is 62.2 Å². The highest BCUT2D eigenvalue weighted by Gasteiger charge is 2.29. The zero-order valence-electron chi connectivity index (χ0n) is 18.7. The molecule has 1 atom stereocenters. The largest absolute Gasteiger partial charge is 0.341 e. The Labute approximate surface area is 193 Å². The number of anilines is 1. The predicted octanol–water partition coefficient (Wildman–Crippen LogP) is 4.69. The Morgan fingerprint density at radius 2 is 1.88 bits per heavy atom. The van der Waals surface area contributed by atoms with E-state index >= 15 is 0 Å². The second-order valence-electron chi connectivity index (χ2n) is 8.86. The molecule has 2 fully saturated rings. The van der Waals surface area contributed by atoms with E-state index in [0.717, 1.165) is 61.5 Å². The van der Waals surface area contributed by atoms with Crippen LogP contribution in [0.4, 0.5) is 10.3 Å². The Morgan fingerprint density at radius 1 is 1.00 bits per heavy atom. The van der Waals surface area contributed by atoms with E-state index in [1.165, 1.54) is 18.6 Å². The second-order valence-corrected chi connectivity index (χ2v) is 8.86. The third-order valence-corrected chi connectivity index (χ3v) is 6.58. The predicted molar refractivity (Wildman–Crippen MR) is 126 cm³/mol. The molecular weight excluding hydrogens is 417 g/mol. The maximum atomic E-state index is 13.7. The Bertz CT molecular complexity index is 1120. The summed E-state index contributed by atoms with van der Waals surface area (Å²) in [4.78, 5) is 31.3. The van der Waals surface area contributed by atoms with E-state index in [1.54, 1.807) is 18.3 Å². The minimum Gasteiger partial charge on any atom is -0.341 e. The molecule has 0 radical (unpaired) electrons. The minimum absolute atomic E-state index is 0.0815. The molecule has 170 valence electrons. The van der Waals surface area contributed by atoms with E-state index in [-0.39, 0.29) is 11.8 Å². The van der Waals surface area contributed by atoms with Gasteiger partial charge in [0.1, 0.15) is 5.82 Å². The molecule has 0 saturated carbocycles. The zero-order valence-corrected chi connectivity index (χ0v) is 18.7. The number of rotatable bonds is 4. The van der Waals surface area contributed by atoms with Crippen LogP contribution in [0.1, 0.15) is 54.1 Å². The minimum atomic E-state index is -0.393. The lowest BCUT2D eigenvalue weighted by Crippen LogP contribution is -2.39. The fraction of sp³-hybridized carbons (Fsp3) is 0.385. The summed E-state index contributed by atoms with van der Waals surface area (Å²) in [5.74, 6) is 0.326. The summed E-state index contributed by atoms with van der Waals surface area (Å²) in [6.07, 6.45) is 10.9. The summed E-state index contributed by atoms with van der Waals surface area (Å²) in [6.45, 7) is 3.16. The van der Waals surface area contributed by atoms with Crippen LogP contribution >= 0.6 is 0 Å². The van der Waals surface area contributed by atoms with Gasteiger partial charge in [0.2, 0.25) is 5.95 Å². The molecule has 0 spiro atoms. The average Bonchev–Trinajstić information content (AvgIpc) is 2.89. The lowest BCUT2D eigenvalue weighted by Gasteiger charge is -2.34. The molecule has 2 aliphatic heterocycles. The molecule has 6 nitrogen and oxygen atoms in total. The van der Waals surface area contributed by atoms with Crippen molar-refractivity contribution in [1.29, 1.82) is 0 Å². The maximum Gasteiger partial charge on any atom is 0.253 e. The number of amides is 1. The van der Waals surface area contributed by atoms with Gasteiger partial charge in [-0.15, -0.1) is 0 Å². The van der Waals surface area contributed by atoms with Crippen LogP contribution in [-0.2, 0) is 0 Å². The highest BCUT2D eigenvalue weighted by atomic mass is 19.1. The van der Waals surface area contributed by atoms with Crippen molar-refractivity contribution >= 4 is 11.9 Å². The molecule has 2 saturated heterocycles. The first-order valence-corrected chi connectivity index (χ1v) is 11.8. The lowest BCUT2D eigenvalue weighted by molar-refractivity contribution is 0.0705. The number of nitrogens with zero attached hydrogens (tertiary/aromatic N) is 5. The number of carbonyl (C=O) groups is 1. The Kier molecular flexibility index (Phi) is 6.28. The standard InChI is InChI=1S/C26H28FN5O/c27-22-10-4-7-19(15-22)25(33)32-14-6-9-21(18-32)24-23(20-8-5-11-28-16-20)17-29-26(30-24)31-12-2-1-3-13-31/h4-5,7-8,10-11,15-17,21H,1-3,6,9,12-14,18H2. The van der Waals surface area contributed by atoms with E-state index in [0.29, 0.717) is 18.7 Å². The van der Waals surface area contributed by atoms with Crippen molar-refractivity contribution in [3.63, 3.8) is 0 Å². The highest BCUT2D eigenvalue weighted by molar-refractivity contribution is 5.94. The Morgan fingerprint density at radius 3 is 2.67 bits per heavy atom. The zero-order chi connectivity index (χ0) is 22.6. The Hall–Kier alpha value is -3.35. The SMILES string of the molecule is O=C(c1cccc(F)c1)N1CCCC(c2nc(N3CCCCC3)ncc2-c2cccnc2)C1. The smallest absolute Gasteiger partial charge is 0.253 e. The van der Waals surface area contributed by atoms with Gasteiger partial charge in [-0.3, -0.25) is 9.78 Å². The second kappa shape index (κ2) is 9.65. The molecule has 4 heterocycles. The van der Waals surface area contributed by atoms with Crippen molar-refractivity contribution in [3.05, 3.63) is 72.1 Å².